The molecule has 33 heavy (non-hydrogen) atoms. The molecule has 0 spiro atoms. The van der Waals surface area contributed by atoms with Crippen LogP contribution >= 0.6 is 10.3 Å². The van der Waals surface area contributed by atoms with Gasteiger partial charge in [-0.2, -0.15) is 8.42 Å². The van der Waals surface area contributed by atoms with Gasteiger partial charge in [-0.1, -0.05) is 75.4 Å². The minimum absolute atomic E-state index is 0.0731. The van der Waals surface area contributed by atoms with Gasteiger partial charge in [0.15, 0.2) is 0 Å². The van der Waals surface area contributed by atoms with Crippen molar-refractivity contribution >= 4 is 20.4 Å². The van der Waals surface area contributed by atoms with Gasteiger partial charge in [-0.25, -0.2) is 0 Å². The lowest BCUT2D eigenvalue weighted by molar-refractivity contribution is 0.385. The first-order valence-corrected chi connectivity index (χ1v) is 14.8. The summed E-state index contributed by atoms with van der Waals surface area (Å²) in [4.78, 5) is 2.66. The Balaban J connectivity index is 2.02. The van der Waals surface area contributed by atoms with E-state index in [1.54, 1.807) is 7.11 Å². The van der Waals surface area contributed by atoms with Crippen LogP contribution in [0, 0.1) is 0 Å². The smallest absolute Gasteiger partial charge is 0.390 e. The number of benzene rings is 3. The molecule has 178 valence electrons. The van der Waals surface area contributed by atoms with Crippen molar-refractivity contribution in [3.63, 3.8) is 0 Å². The summed E-state index contributed by atoms with van der Waals surface area (Å²) in [6, 6.07) is 27.2. The molecule has 1 N–H and O–H groups in total. The minimum Gasteiger partial charge on any atom is -0.497 e. The van der Waals surface area contributed by atoms with E-state index in [-0.39, 0.29) is 5.75 Å². The fourth-order valence-electron chi connectivity index (χ4n) is 3.82. The quantitative estimate of drug-likeness (QED) is 0.141. The Hall–Kier alpha value is -2.28. The van der Waals surface area contributed by atoms with Crippen LogP contribution in [0.15, 0.2) is 99.6 Å². The Morgan fingerprint density at radius 3 is 1.67 bits per heavy atom. The molecule has 6 heteroatoms. The van der Waals surface area contributed by atoms with Gasteiger partial charge in [0.25, 0.3) is 0 Å². The van der Waals surface area contributed by atoms with E-state index < -0.39 is 20.4 Å². The zero-order valence-corrected chi connectivity index (χ0v) is 21.2. The van der Waals surface area contributed by atoms with Crippen molar-refractivity contribution in [3.05, 3.63) is 84.9 Å². The van der Waals surface area contributed by atoms with Crippen LogP contribution in [0.4, 0.5) is 0 Å². The summed E-state index contributed by atoms with van der Waals surface area (Å²) in [7, 11) is -4.42. The highest BCUT2D eigenvalue weighted by molar-refractivity contribution is 8.32. The normalized spacial score (nSPS) is 12.4. The van der Waals surface area contributed by atoms with Crippen molar-refractivity contribution < 1.29 is 16.8 Å². The summed E-state index contributed by atoms with van der Waals surface area (Å²) >= 11 is 0. The molecule has 0 unspecified atom stereocenters. The zero-order chi connectivity index (χ0) is 23.6. The number of hydrogen-bond acceptors (Lipinski definition) is 3. The van der Waals surface area contributed by atoms with Crippen LogP contribution in [0.5, 0.6) is 5.75 Å². The summed E-state index contributed by atoms with van der Waals surface area (Å²) in [6.45, 7) is 2.18. The first-order valence-electron chi connectivity index (χ1n) is 11.6. The Bertz CT molecular complexity index is 1030. The summed E-state index contributed by atoms with van der Waals surface area (Å²) in [5.74, 6) is 0.798. The highest BCUT2D eigenvalue weighted by atomic mass is 32.3. The average Bonchev–Trinajstić information content (AvgIpc) is 2.86. The second-order valence-electron chi connectivity index (χ2n) is 8.01. The highest BCUT2D eigenvalue weighted by Gasteiger charge is 2.42. The van der Waals surface area contributed by atoms with E-state index in [9.17, 15) is 8.42 Å². The van der Waals surface area contributed by atoms with E-state index in [1.807, 2.05) is 84.9 Å². The number of hydrogen-bond donors (Lipinski definition) is 0. The lowest BCUT2D eigenvalue weighted by Gasteiger charge is -2.34. The molecule has 0 bridgehead atoms. The van der Waals surface area contributed by atoms with E-state index in [2.05, 4.69) is 6.92 Å². The highest BCUT2D eigenvalue weighted by Crippen LogP contribution is 2.68. The van der Waals surface area contributed by atoms with E-state index in [0.29, 0.717) is 6.42 Å². The van der Waals surface area contributed by atoms with Crippen molar-refractivity contribution in [2.45, 2.75) is 60.1 Å². The van der Waals surface area contributed by atoms with E-state index >= 15 is 0 Å². The Morgan fingerprint density at radius 1 is 0.667 bits per heavy atom. The van der Waals surface area contributed by atoms with Crippen LogP contribution in [0.1, 0.15) is 45.4 Å². The van der Waals surface area contributed by atoms with Crippen molar-refractivity contribution in [2.75, 3.05) is 12.9 Å². The molecule has 0 aromatic heterocycles. The maximum atomic E-state index is 13.4. The van der Waals surface area contributed by atoms with Crippen molar-refractivity contribution in [1.82, 2.24) is 0 Å². The molecular weight excluding hydrogens is 452 g/mol. The van der Waals surface area contributed by atoms with Crippen molar-refractivity contribution in [3.8, 4) is 5.75 Å². The molecular formula is C27H35O4S2+. The number of rotatable bonds is 13. The van der Waals surface area contributed by atoms with Gasteiger partial charge in [0.2, 0.25) is 0 Å². The molecule has 0 aliphatic rings. The minimum atomic E-state index is -3.66. The van der Waals surface area contributed by atoms with E-state index in [1.165, 1.54) is 12.8 Å². The summed E-state index contributed by atoms with van der Waals surface area (Å²) in [5, 5.41) is 0. The first-order chi connectivity index (χ1) is 16.0. The van der Waals surface area contributed by atoms with Gasteiger partial charge in [-0.05, 0) is 55.0 Å². The Labute approximate surface area is 200 Å². The van der Waals surface area contributed by atoms with Crippen LogP contribution in [-0.4, -0.2) is 24.9 Å². The standard InChI is InChI=1S/C27H34O4S2/c1-3-4-5-6-7-14-23-32(28,29)31-33(25-15-10-8-11-16-25,26-17-12-9-13-18-26)27-21-19-24(30-2)20-22-27/h8-13,15-22H,3-7,14,23H2,1-2H3/p+1. The predicted molar refractivity (Wildman–Crippen MR) is 138 cm³/mol. The third-order valence-electron chi connectivity index (χ3n) is 5.55. The van der Waals surface area contributed by atoms with Crippen LogP contribution in [0.2, 0.25) is 0 Å². The van der Waals surface area contributed by atoms with Crippen LogP contribution < -0.4 is 4.74 Å². The van der Waals surface area contributed by atoms with E-state index in [4.69, 9.17) is 8.37 Å². The molecule has 0 atom stereocenters. The lowest BCUT2D eigenvalue weighted by atomic mass is 10.1. The SMILES string of the molecule is CCCCCCCCS(=O)(=O)[OH+]S(c1ccccc1)(c1ccccc1)c1ccc(OC)cc1. The molecule has 0 saturated heterocycles. The molecule has 0 amide bonds. The second-order valence-corrected chi connectivity index (χ2v) is 12.8. The monoisotopic (exact) mass is 487 g/mol. The molecule has 3 aromatic rings. The Kier molecular flexibility index (Phi) is 9.41. The maximum Gasteiger partial charge on any atom is 0.390 e. The molecule has 3 aromatic carbocycles. The topological polar surface area (TPSA) is 56.2 Å². The number of ether oxygens (including phenoxy) is 1. The van der Waals surface area contributed by atoms with Gasteiger partial charge in [0.05, 0.1) is 32.1 Å². The third-order valence-corrected chi connectivity index (χ3v) is 11.0. The molecule has 0 aliphatic carbocycles. The maximum absolute atomic E-state index is 13.4. The second kappa shape index (κ2) is 12.3. The predicted octanol–water partition coefficient (Wildman–Crippen LogP) is 7.68. The molecule has 0 saturated carbocycles. The van der Waals surface area contributed by atoms with Crippen LogP contribution in [-0.2, 0) is 10.1 Å². The Morgan fingerprint density at radius 2 is 1.15 bits per heavy atom. The van der Waals surface area contributed by atoms with Gasteiger partial charge in [-0.15, -0.1) is 0 Å². The third kappa shape index (κ3) is 6.62. The largest absolute Gasteiger partial charge is 0.497 e. The average molecular weight is 488 g/mol. The van der Waals surface area contributed by atoms with Gasteiger partial charge in [-0.3, -0.25) is 3.63 Å². The summed E-state index contributed by atoms with van der Waals surface area (Å²) < 4.78 is 36.9. The first kappa shape index (κ1) is 25.3. The molecule has 0 aliphatic heterocycles. The molecule has 4 nitrogen and oxygen atoms in total. The van der Waals surface area contributed by atoms with Gasteiger partial charge >= 0.3 is 10.1 Å². The van der Waals surface area contributed by atoms with Crippen LogP contribution in [0.25, 0.3) is 0 Å². The van der Waals surface area contributed by atoms with Gasteiger partial charge in [0.1, 0.15) is 11.5 Å². The lowest BCUT2D eigenvalue weighted by Crippen LogP contribution is -2.21. The summed E-state index contributed by atoms with van der Waals surface area (Å²) in [6.07, 6.45) is 6.15. The van der Waals surface area contributed by atoms with Crippen LogP contribution in [0.3, 0.4) is 0 Å². The summed E-state index contributed by atoms with van der Waals surface area (Å²) in [5.41, 5.74) is 0. The van der Waals surface area contributed by atoms with Gasteiger partial charge in [0, 0.05) is 0 Å². The fraction of sp³-hybridized carbons (Fsp3) is 0.333. The zero-order valence-electron chi connectivity index (χ0n) is 19.5. The molecule has 3 rings (SSSR count). The van der Waals surface area contributed by atoms with Gasteiger partial charge < -0.3 is 4.74 Å². The number of unbranched alkanes of at least 4 members (excludes halogenated alkanes) is 5. The fourth-order valence-corrected chi connectivity index (χ4v) is 9.53. The molecule has 0 heterocycles. The molecule has 0 fully saturated rings. The van der Waals surface area contributed by atoms with E-state index in [0.717, 1.165) is 39.7 Å². The van der Waals surface area contributed by atoms with Crippen molar-refractivity contribution in [2.24, 2.45) is 0 Å². The number of methoxy groups -OCH3 is 1. The van der Waals surface area contributed by atoms with Crippen molar-refractivity contribution in [1.29, 1.82) is 0 Å². The molecule has 0 radical (unpaired) electrons.